The molecule has 0 unspecified atom stereocenters. The van der Waals surface area contributed by atoms with Gasteiger partial charge < -0.3 is 10.6 Å². The Kier molecular flexibility index (Phi) is 8.36. The average molecular weight is 491 g/mol. The Morgan fingerprint density at radius 2 is 2.04 bits per heavy atom. The molecular formula is C13H17F3IN5S2. The Balaban J connectivity index is 0.00000288. The van der Waals surface area contributed by atoms with E-state index in [1.165, 1.54) is 0 Å². The molecule has 0 spiro atoms. The Bertz CT molecular complexity index is 669. The maximum atomic E-state index is 12.5. The van der Waals surface area contributed by atoms with Gasteiger partial charge in [-0.2, -0.15) is 13.2 Å². The molecule has 0 aliphatic rings. The molecule has 2 aromatic rings. The van der Waals surface area contributed by atoms with E-state index in [1.54, 1.807) is 18.4 Å². The highest BCUT2D eigenvalue weighted by Gasteiger charge is 2.33. The first-order chi connectivity index (χ1) is 10.9. The number of thiazole rings is 2. The van der Waals surface area contributed by atoms with E-state index >= 15 is 0 Å². The van der Waals surface area contributed by atoms with E-state index in [4.69, 9.17) is 0 Å². The summed E-state index contributed by atoms with van der Waals surface area (Å²) in [5.41, 5.74) is -0.860. The topological polar surface area (TPSA) is 62.2 Å². The molecule has 0 amide bonds. The quantitative estimate of drug-likeness (QED) is 0.382. The molecule has 24 heavy (non-hydrogen) atoms. The third-order valence-electron chi connectivity index (χ3n) is 2.77. The van der Waals surface area contributed by atoms with Crippen molar-refractivity contribution in [3.63, 3.8) is 0 Å². The van der Waals surface area contributed by atoms with E-state index in [1.807, 2.05) is 13.1 Å². The highest BCUT2D eigenvalue weighted by Crippen LogP contribution is 2.29. The number of aliphatic imine (C=N–C) groups is 1. The SMILES string of the molecule is CN=C(NCCc1ncc(C)s1)NCc1nc(C(F)(F)F)cs1.I. The predicted octanol–water partition coefficient (Wildman–Crippen LogP) is 3.45. The largest absolute Gasteiger partial charge is 0.434 e. The first-order valence-corrected chi connectivity index (χ1v) is 8.45. The van der Waals surface area contributed by atoms with Gasteiger partial charge in [-0.3, -0.25) is 4.99 Å². The lowest BCUT2D eigenvalue weighted by atomic mass is 10.4. The molecule has 0 atom stereocenters. The number of hydrogen-bond donors (Lipinski definition) is 2. The summed E-state index contributed by atoms with van der Waals surface area (Å²) in [4.78, 5) is 13.0. The van der Waals surface area contributed by atoms with Gasteiger partial charge in [0.1, 0.15) is 5.01 Å². The number of aromatic nitrogens is 2. The molecule has 2 rings (SSSR count). The zero-order valence-electron chi connectivity index (χ0n) is 13.0. The normalized spacial score (nSPS) is 12.0. The number of halogens is 4. The van der Waals surface area contributed by atoms with Gasteiger partial charge >= 0.3 is 6.18 Å². The van der Waals surface area contributed by atoms with Gasteiger partial charge in [-0.25, -0.2) is 9.97 Å². The summed E-state index contributed by atoms with van der Waals surface area (Å²) in [5, 5.41) is 8.44. The molecular weight excluding hydrogens is 474 g/mol. The summed E-state index contributed by atoms with van der Waals surface area (Å²) in [6, 6.07) is 0. The third-order valence-corrected chi connectivity index (χ3v) is 4.59. The molecule has 2 N–H and O–H groups in total. The van der Waals surface area contributed by atoms with Crippen LogP contribution in [0.25, 0.3) is 0 Å². The van der Waals surface area contributed by atoms with Crippen LogP contribution in [0.3, 0.4) is 0 Å². The Labute approximate surface area is 162 Å². The molecule has 0 saturated carbocycles. The van der Waals surface area contributed by atoms with E-state index in [0.717, 1.165) is 33.0 Å². The van der Waals surface area contributed by atoms with E-state index in [9.17, 15) is 13.2 Å². The van der Waals surface area contributed by atoms with Crippen LogP contribution in [0.5, 0.6) is 0 Å². The lowest BCUT2D eigenvalue weighted by molar-refractivity contribution is -0.140. The first-order valence-electron chi connectivity index (χ1n) is 6.76. The summed E-state index contributed by atoms with van der Waals surface area (Å²) >= 11 is 2.60. The monoisotopic (exact) mass is 491 g/mol. The standard InChI is InChI=1S/C13H16F3N5S2.HI/c1-8-5-19-10(23-8)3-4-18-12(17-2)20-6-11-21-9(7-22-11)13(14,15)16;/h5,7H,3-4,6H2,1-2H3,(H2,17,18,20);1H. The maximum Gasteiger partial charge on any atom is 0.434 e. The summed E-state index contributed by atoms with van der Waals surface area (Å²) < 4.78 is 37.4. The fourth-order valence-corrected chi connectivity index (χ4v) is 3.23. The summed E-state index contributed by atoms with van der Waals surface area (Å²) in [5.74, 6) is 0.516. The van der Waals surface area contributed by atoms with E-state index in [-0.39, 0.29) is 30.5 Å². The van der Waals surface area contributed by atoms with E-state index < -0.39 is 11.9 Å². The molecule has 5 nitrogen and oxygen atoms in total. The van der Waals surface area contributed by atoms with Gasteiger partial charge in [0.05, 0.1) is 11.6 Å². The van der Waals surface area contributed by atoms with Crippen molar-refractivity contribution in [3.05, 3.63) is 32.2 Å². The van der Waals surface area contributed by atoms with Crippen LogP contribution in [-0.4, -0.2) is 29.5 Å². The molecule has 2 heterocycles. The smallest absolute Gasteiger partial charge is 0.356 e. The minimum Gasteiger partial charge on any atom is -0.356 e. The van der Waals surface area contributed by atoms with E-state index in [2.05, 4.69) is 25.6 Å². The zero-order valence-corrected chi connectivity index (χ0v) is 16.9. The minimum atomic E-state index is -4.40. The highest BCUT2D eigenvalue weighted by molar-refractivity contribution is 14.0. The summed E-state index contributed by atoms with van der Waals surface area (Å²) in [6.07, 6.45) is -1.82. The minimum absolute atomic E-state index is 0. The van der Waals surface area contributed by atoms with Crippen LogP contribution >= 0.6 is 46.7 Å². The molecule has 0 fully saturated rings. The van der Waals surface area contributed by atoms with Crippen LogP contribution in [0.1, 0.15) is 20.6 Å². The molecule has 11 heteroatoms. The molecule has 0 radical (unpaired) electrons. The zero-order chi connectivity index (χ0) is 16.9. The molecule has 134 valence electrons. The van der Waals surface area contributed by atoms with Crippen molar-refractivity contribution < 1.29 is 13.2 Å². The van der Waals surface area contributed by atoms with Crippen LogP contribution in [-0.2, 0) is 19.1 Å². The second kappa shape index (κ2) is 9.51. The molecule has 0 aromatic carbocycles. The summed E-state index contributed by atoms with van der Waals surface area (Å²) in [7, 11) is 1.60. The Morgan fingerprint density at radius 3 is 2.58 bits per heavy atom. The fourth-order valence-electron chi connectivity index (χ4n) is 1.71. The van der Waals surface area contributed by atoms with Crippen LogP contribution in [0.2, 0.25) is 0 Å². The van der Waals surface area contributed by atoms with E-state index in [0.29, 0.717) is 17.5 Å². The van der Waals surface area contributed by atoms with Crippen molar-refractivity contribution in [2.75, 3.05) is 13.6 Å². The van der Waals surface area contributed by atoms with Crippen molar-refractivity contribution >= 4 is 52.6 Å². The second-order valence-electron chi connectivity index (χ2n) is 4.59. The number of nitrogens with zero attached hydrogens (tertiary/aromatic N) is 3. The molecule has 2 aromatic heterocycles. The van der Waals surface area contributed by atoms with Crippen molar-refractivity contribution in [2.24, 2.45) is 4.99 Å². The predicted molar refractivity (Wildman–Crippen MR) is 101 cm³/mol. The van der Waals surface area contributed by atoms with Crippen molar-refractivity contribution in [1.82, 2.24) is 20.6 Å². The van der Waals surface area contributed by atoms with Gasteiger partial charge in [-0.05, 0) is 6.92 Å². The van der Waals surface area contributed by atoms with Gasteiger partial charge in [0, 0.05) is 36.5 Å². The fraction of sp³-hybridized carbons (Fsp3) is 0.462. The van der Waals surface area contributed by atoms with Crippen molar-refractivity contribution in [2.45, 2.75) is 26.1 Å². The Hall–Kier alpha value is -0.950. The number of hydrogen-bond acceptors (Lipinski definition) is 5. The van der Waals surface area contributed by atoms with Gasteiger partial charge in [-0.1, -0.05) is 0 Å². The third kappa shape index (κ3) is 6.51. The molecule has 0 saturated heterocycles. The number of nitrogens with one attached hydrogen (secondary N) is 2. The van der Waals surface area contributed by atoms with Crippen LogP contribution in [0, 0.1) is 6.92 Å². The van der Waals surface area contributed by atoms with Gasteiger partial charge in [0.15, 0.2) is 11.7 Å². The molecule has 0 aliphatic carbocycles. The highest BCUT2D eigenvalue weighted by atomic mass is 127. The number of aryl methyl sites for hydroxylation is 1. The number of rotatable bonds is 5. The first kappa shape index (κ1) is 21.1. The van der Waals surface area contributed by atoms with Crippen LogP contribution in [0.4, 0.5) is 13.2 Å². The van der Waals surface area contributed by atoms with Crippen LogP contribution < -0.4 is 10.6 Å². The Morgan fingerprint density at radius 1 is 1.29 bits per heavy atom. The average Bonchev–Trinajstić information content (AvgIpc) is 3.11. The lowest BCUT2D eigenvalue weighted by Gasteiger charge is -2.10. The summed E-state index contributed by atoms with van der Waals surface area (Å²) in [6.45, 7) is 2.83. The maximum absolute atomic E-state index is 12.5. The molecule has 0 aliphatic heterocycles. The second-order valence-corrected chi connectivity index (χ2v) is 6.85. The number of alkyl halides is 3. The van der Waals surface area contributed by atoms with Crippen molar-refractivity contribution in [3.8, 4) is 0 Å². The molecule has 0 bridgehead atoms. The van der Waals surface area contributed by atoms with Crippen molar-refractivity contribution in [1.29, 1.82) is 0 Å². The van der Waals surface area contributed by atoms with Crippen LogP contribution in [0.15, 0.2) is 16.6 Å². The van der Waals surface area contributed by atoms with Gasteiger partial charge in [-0.15, -0.1) is 46.7 Å². The van der Waals surface area contributed by atoms with Gasteiger partial charge in [0.2, 0.25) is 0 Å². The lowest BCUT2D eigenvalue weighted by Crippen LogP contribution is -2.37. The number of guanidine groups is 1. The van der Waals surface area contributed by atoms with Gasteiger partial charge in [0.25, 0.3) is 0 Å².